The summed E-state index contributed by atoms with van der Waals surface area (Å²) in [5.74, 6) is -0.0579. The van der Waals surface area contributed by atoms with E-state index >= 15 is 0 Å². The summed E-state index contributed by atoms with van der Waals surface area (Å²) in [6.45, 7) is 3.64. The molecule has 1 fully saturated rings. The Labute approximate surface area is 139 Å². The second-order valence-corrected chi connectivity index (χ2v) is 8.97. The molecule has 23 heavy (non-hydrogen) atoms. The molecule has 1 N–H and O–H groups in total. The lowest BCUT2D eigenvalue weighted by atomic mass is 10.3. The highest BCUT2D eigenvalue weighted by molar-refractivity contribution is 7.91. The zero-order chi connectivity index (χ0) is 16.4. The fourth-order valence-corrected chi connectivity index (χ4v) is 5.56. The van der Waals surface area contributed by atoms with E-state index in [1.807, 2.05) is 13.0 Å². The Balaban J connectivity index is 1.72. The van der Waals surface area contributed by atoms with Crippen molar-refractivity contribution in [3.63, 3.8) is 0 Å². The van der Waals surface area contributed by atoms with Gasteiger partial charge in [-0.05, 0) is 31.5 Å². The maximum atomic E-state index is 12.7. The van der Waals surface area contributed by atoms with Crippen molar-refractivity contribution in [2.24, 2.45) is 0 Å². The molecule has 0 aromatic carbocycles. The number of carbonyl (C=O) groups excluding carboxylic acids is 1. The molecule has 0 spiro atoms. The van der Waals surface area contributed by atoms with E-state index < -0.39 is 10.0 Å². The van der Waals surface area contributed by atoms with E-state index in [1.165, 1.54) is 15.6 Å². The van der Waals surface area contributed by atoms with Gasteiger partial charge in [-0.1, -0.05) is 0 Å². The average Bonchev–Trinajstić information content (AvgIpc) is 3.13. The first kappa shape index (κ1) is 16.2. The summed E-state index contributed by atoms with van der Waals surface area (Å²) < 4.78 is 27.2. The van der Waals surface area contributed by atoms with Gasteiger partial charge in [0.1, 0.15) is 4.21 Å². The van der Waals surface area contributed by atoms with Crippen LogP contribution in [0.5, 0.6) is 0 Å². The highest BCUT2D eigenvalue weighted by Gasteiger charge is 2.29. The van der Waals surface area contributed by atoms with Crippen LogP contribution in [0, 0.1) is 6.92 Å². The van der Waals surface area contributed by atoms with E-state index in [1.54, 1.807) is 29.4 Å². The molecule has 0 unspecified atom stereocenters. The summed E-state index contributed by atoms with van der Waals surface area (Å²) in [6, 6.07) is 5.20. The van der Waals surface area contributed by atoms with Crippen LogP contribution in [0.1, 0.15) is 21.7 Å². The molecule has 1 aliphatic heterocycles. The van der Waals surface area contributed by atoms with Gasteiger partial charge in [0, 0.05) is 43.4 Å². The van der Waals surface area contributed by atoms with Crippen LogP contribution in [0.4, 0.5) is 0 Å². The number of aromatic nitrogens is 1. The maximum Gasteiger partial charge on any atom is 0.255 e. The van der Waals surface area contributed by atoms with Gasteiger partial charge in [0.2, 0.25) is 0 Å². The normalized spacial score (nSPS) is 17.2. The molecule has 0 aliphatic carbocycles. The van der Waals surface area contributed by atoms with Gasteiger partial charge in [-0.2, -0.15) is 4.31 Å². The van der Waals surface area contributed by atoms with Gasteiger partial charge in [0.05, 0.1) is 5.56 Å². The molecule has 3 heterocycles. The summed E-state index contributed by atoms with van der Waals surface area (Å²) in [4.78, 5) is 17.9. The van der Waals surface area contributed by atoms with Gasteiger partial charge in [-0.25, -0.2) is 8.42 Å². The second-order valence-electron chi connectivity index (χ2n) is 5.51. The third-order valence-electron chi connectivity index (χ3n) is 3.90. The monoisotopic (exact) mass is 353 g/mol. The predicted molar refractivity (Wildman–Crippen MR) is 89.1 cm³/mol. The number of sulfonamides is 1. The number of carbonyl (C=O) groups is 1. The van der Waals surface area contributed by atoms with Crippen molar-refractivity contribution in [3.8, 4) is 0 Å². The Morgan fingerprint density at radius 3 is 2.65 bits per heavy atom. The van der Waals surface area contributed by atoms with Gasteiger partial charge >= 0.3 is 0 Å². The third kappa shape index (κ3) is 3.34. The van der Waals surface area contributed by atoms with Crippen LogP contribution < -0.4 is 0 Å². The Morgan fingerprint density at radius 1 is 1.17 bits per heavy atom. The lowest BCUT2D eigenvalue weighted by Crippen LogP contribution is -2.37. The Morgan fingerprint density at radius 2 is 2.00 bits per heavy atom. The number of nitrogens with one attached hydrogen (secondary N) is 1. The number of aromatic amines is 1. The highest BCUT2D eigenvalue weighted by Crippen LogP contribution is 2.25. The molecule has 1 aliphatic rings. The third-order valence-corrected chi connectivity index (χ3v) is 7.26. The molecule has 2 aromatic heterocycles. The van der Waals surface area contributed by atoms with E-state index in [-0.39, 0.29) is 5.91 Å². The van der Waals surface area contributed by atoms with Crippen LogP contribution >= 0.6 is 11.3 Å². The highest BCUT2D eigenvalue weighted by atomic mass is 32.2. The van der Waals surface area contributed by atoms with Gasteiger partial charge in [0.15, 0.2) is 0 Å². The lowest BCUT2D eigenvalue weighted by Gasteiger charge is -2.21. The Hall–Kier alpha value is -1.64. The minimum Gasteiger partial charge on any atom is -0.367 e. The fourth-order valence-electron chi connectivity index (χ4n) is 2.65. The van der Waals surface area contributed by atoms with Gasteiger partial charge in [-0.3, -0.25) is 4.79 Å². The molecule has 8 heteroatoms. The van der Waals surface area contributed by atoms with E-state index in [9.17, 15) is 13.2 Å². The zero-order valence-electron chi connectivity index (χ0n) is 12.9. The smallest absolute Gasteiger partial charge is 0.255 e. The molecular formula is C15H19N3O3S2. The number of rotatable bonds is 3. The van der Waals surface area contributed by atoms with Crippen LogP contribution in [0.25, 0.3) is 0 Å². The Kier molecular flexibility index (Phi) is 4.56. The maximum absolute atomic E-state index is 12.7. The van der Waals surface area contributed by atoms with Crippen molar-refractivity contribution in [2.75, 3.05) is 26.2 Å². The van der Waals surface area contributed by atoms with Crippen LogP contribution in [-0.2, 0) is 10.0 Å². The van der Waals surface area contributed by atoms with Crippen molar-refractivity contribution >= 4 is 27.3 Å². The summed E-state index contributed by atoms with van der Waals surface area (Å²) in [6.07, 6.45) is 4.01. The number of aryl methyl sites for hydroxylation is 1. The average molecular weight is 353 g/mol. The first-order valence-electron chi connectivity index (χ1n) is 7.47. The van der Waals surface area contributed by atoms with Crippen molar-refractivity contribution in [2.45, 2.75) is 17.6 Å². The molecular weight excluding hydrogens is 334 g/mol. The molecule has 0 bridgehead atoms. The van der Waals surface area contributed by atoms with Crippen molar-refractivity contribution < 1.29 is 13.2 Å². The predicted octanol–water partition coefficient (Wildman–Crippen LogP) is 1.92. The molecule has 1 amide bonds. The molecule has 2 aromatic rings. The zero-order valence-corrected chi connectivity index (χ0v) is 14.5. The second kappa shape index (κ2) is 6.46. The molecule has 124 valence electrons. The van der Waals surface area contributed by atoms with E-state index in [4.69, 9.17) is 0 Å². The van der Waals surface area contributed by atoms with E-state index in [2.05, 4.69) is 4.98 Å². The number of hydrogen-bond acceptors (Lipinski definition) is 4. The number of nitrogens with zero attached hydrogens (tertiary/aromatic N) is 2. The van der Waals surface area contributed by atoms with Gasteiger partial charge in [0.25, 0.3) is 15.9 Å². The standard InChI is InChI=1S/C15H19N3O3S2/c1-12-3-4-14(22-12)23(20,21)18-8-2-7-17(9-10-18)15(19)13-5-6-16-11-13/h3-6,11,16H,2,7-10H2,1H3. The van der Waals surface area contributed by atoms with Gasteiger partial charge < -0.3 is 9.88 Å². The summed E-state index contributed by atoms with van der Waals surface area (Å²) >= 11 is 1.29. The summed E-state index contributed by atoms with van der Waals surface area (Å²) in [5.41, 5.74) is 0.607. The number of hydrogen-bond donors (Lipinski definition) is 1. The van der Waals surface area contributed by atoms with Crippen molar-refractivity contribution in [3.05, 3.63) is 41.0 Å². The molecule has 0 saturated carbocycles. The summed E-state index contributed by atoms with van der Waals surface area (Å²) in [7, 11) is -3.46. The SMILES string of the molecule is Cc1ccc(S(=O)(=O)N2CCCN(C(=O)c3cc[nH]c3)CC2)s1. The number of amides is 1. The topological polar surface area (TPSA) is 73.5 Å². The molecule has 6 nitrogen and oxygen atoms in total. The van der Waals surface area contributed by atoms with Crippen LogP contribution in [-0.4, -0.2) is 54.7 Å². The molecule has 3 rings (SSSR count). The first-order chi connectivity index (χ1) is 11.0. The van der Waals surface area contributed by atoms with Crippen LogP contribution in [0.15, 0.2) is 34.8 Å². The van der Waals surface area contributed by atoms with Crippen LogP contribution in [0.3, 0.4) is 0 Å². The number of thiophene rings is 1. The fraction of sp³-hybridized carbons (Fsp3) is 0.400. The minimum atomic E-state index is -3.46. The quantitative estimate of drug-likeness (QED) is 0.916. The first-order valence-corrected chi connectivity index (χ1v) is 9.73. The minimum absolute atomic E-state index is 0.0579. The van der Waals surface area contributed by atoms with Crippen molar-refractivity contribution in [1.82, 2.24) is 14.2 Å². The largest absolute Gasteiger partial charge is 0.367 e. The van der Waals surface area contributed by atoms with E-state index in [0.717, 1.165) is 4.88 Å². The molecule has 0 radical (unpaired) electrons. The summed E-state index contributed by atoms with van der Waals surface area (Å²) in [5, 5.41) is 0. The van der Waals surface area contributed by atoms with Gasteiger partial charge in [-0.15, -0.1) is 11.3 Å². The number of H-pyrrole nitrogens is 1. The van der Waals surface area contributed by atoms with E-state index in [0.29, 0.717) is 42.4 Å². The Bertz CT molecular complexity index is 781. The molecule has 0 atom stereocenters. The lowest BCUT2D eigenvalue weighted by molar-refractivity contribution is 0.0764. The molecule has 1 saturated heterocycles. The van der Waals surface area contributed by atoms with Crippen LogP contribution in [0.2, 0.25) is 0 Å². The van der Waals surface area contributed by atoms with Crippen molar-refractivity contribution in [1.29, 1.82) is 0 Å².